The average molecular weight is 352 g/mol. The van der Waals surface area contributed by atoms with E-state index < -0.39 is 0 Å². The van der Waals surface area contributed by atoms with Gasteiger partial charge >= 0.3 is 0 Å². The lowest BCUT2D eigenvalue weighted by atomic mass is 9.96. The number of rotatable bonds is 3. The quantitative estimate of drug-likeness (QED) is 0.856. The van der Waals surface area contributed by atoms with Crippen LogP contribution in [-0.4, -0.2) is 26.9 Å². The lowest BCUT2D eigenvalue weighted by Crippen LogP contribution is -2.22. The molecule has 1 amide bonds. The van der Waals surface area contributed by atoms with E-state index in [1.54, 1.807) is 10.9 Å². The minimum Gasteiger partial charge on any atom is -0.301 e. The van der Waals surface area contributed by atoms with Crippen LogP contribution in [-0.2, 0) is 4.79 Å². The molecule has 2 heterocycles. The van der Waals surface area contributed by atoms with E-state index in [1.165, 1.54) is 31.0 Å². The first kappa shape index (κ1) is 16.1. The molecule has 0 radical (unpaired) electrons. The highest BCUT2D eigenvalue weighted by Gasteiger charge is 2.25. The summed E-state index contributed by atoms with van der Waals surface area (Å²) in [5, 5.41) is 7.99. The predicted molar refractivity (Wildman–Crippen MR) is 102 cm³/mol. The molecule has 6 heteroatoms. The Morgan fingerprint density at radius 3 is 2.80 bits per heavy atom. The SMILES string of the molecule is O=C1NC(=NC2CCCCC2)S/C1=C/c1cnn(-c2ccccc2)c1. The molecule has 1 aromatic heterocycles. The molecule has 1 saturated heterocycles. The normalized spacial score (nSPS) is 21.8. The fourth-order valence-corrected chi connectivity index (χ4v) is 4.04. The molecule has 0 bridgehead atoms. The zero-order valence-electron chi connectivity index (χ0n) is 13.9. The Hall–Kier alpha value is -2.34. The van der Waals surface area contributed by atoms with Gasteiger partial charge in [0.2, 0.25) is 0 Å². The third kappa shape index (κ3) is 3.85. The topological polar surface area (TPSA) is 59.3 Å². The van der Waals surface area contributed by atoms with Gasteiger partial charge in [-0.15, -0.1) is 0 Å². The summed E-state index contributed by atoms with van der Waals surface area (Å²) in [4.78, 5) is 17.6. The molecule has 25 heavy (non-hydrogen) atoms. The van der Waals surface area contributed by atoms with Crippen molar-refractivity contribution in [2.45, 2.75) is 38.1 Å². The number of benzene rings is 1. The second-order valence-corrected chi connectivity index (χ2v) is 7.38. The average Bonchev–Trinajstić information content (AvgIpc) is 3.24. The van der Waals surface area contributed by atoms with Gasteiger partial charge in [-0.25, -0.2) is 4.68 Å². The van der Waals surface area contributed by atoms with Gasteiger partial charge in [-0.3, -0.25) is 9.79 Å². The Kier molecular flexibility index (Phi) is 4.70. The highest BCUT2D eigenvalue weighted by atomic mass is 32.2. The number of aromatic nitrogens is 2. The number of nitrogens with one attached hydrogen (secondary N) is 1. The zero-order valence-corrected chi connectivity index (χ0v) is 14.7. The fourth-order valence-electron chi connectivity index (χ4n) is 3.15. The molecule has 2 aromatic rings. The van der Waals surface area contributed by atoms with Crippen molar-refractivity contribution < 1.29 is 4.79 Å². The van der Waals surface area contributed by atoms with Crippen molar-refractivity contribution in [1.29, 1.82) is 0 Å². The van der Waals surface area contributed by atoms with E-state index in [4.69, 9.17) is 4.99 Å². The molecule has 1 aliphatic heterocycles. The Morgan fingerprint density at radius 2 is 2.00 bits per heavy atom. The minimum atomic E-state index is -0.0768. The number of amides is 1. The maximum Gasteiger partial charge on any atom is 0.264 e. The van der Waals surface area contributed by atoms with Crippen LogP contribution >= 0.6 is 11.8 Å². The maximum absolute atomic E-state index is 12.2. The summed E-state index contributed by atoms with van der Waals surface area (Å²) in [5.74, 6) is -0.0768. The third-order valence-electron chi connectivity index (χ3n) is 4.45. The molecule has 2 fully saturated rings. The number of hydrogen-bond acceptors (Lipinski definition) is 4. The largest absolute Gasteiger partial charge is 0.301 e. The summed E-state index contributed by atoms with van der Waals surface area (Å²) >= 11 is 1.43. The molecule has 0 unspecified atom stereocenters. The second kappa shape index (κ2) is 7.27. The van der Waals surface area contributed by atoms with Crippen LogP contribution in [0.3, 0.4) is 0 Å². The molecule has 0 spiro atoms. The molecule has 4 rings (SSSR count). The number of nitrogens with zero attached hydrogens (tertiary/aromatic N) is 3. The number of carbonyl (C=O) groups is 1. The summed E-state index contributed by atoms with van der Waals surface area (Å²) in [5.41, 5.74) is 1.90. The van der Waals surface area contributed by atoms with Crippen molar-refractivity contribution in [3.8, 4) is 5.69 Å². The van der Waals surface area contributed by atoms with Crippen LogP contribution in [0.2, 0.25) is 0 Å². The fraction of sp³-hybridized carbons (Fsp3) is 0.316. The summed E-state index contributed by atoms with van der Waals surface area (Å²) in [6.07, 6.45) is 11.6. The molecule has 1 N–H and O–H groups in total. The first-order chi connectivity index (χ1) is 12.3. The van der Waals surface area contributed by atoms with Crippen LogP contribution in [0.1, 0.15) is 37.7 Å². The van der Waals surface area contributed by atoms with E-state index in [0.29, 0.717) is 10.9 Å². The van der Waals surface area contributed by atoms with Crippen molar-refractivity contribution in [2.75, 3.05) is 0 Å². The number of para-hydroxylation sites is 1. The van der Waals surface area contributed by atoms with Crippen molar-refractivity contribution in [1.82, 2.24) is 15.1 Å². The number of aliphatic imine (C=N–C) groups is 1. The van der Waals surface area contributed by atoms with Crippen molar-refractivity contribution in [2.24, 2.45) is 4.99 Å². The Morgan fingerprint density at radius 1 is 1.20 bits per heavy atom. The van der Waals surface area contributed by atoms with Crippen LogP contribution in [0.5, 0.6) is 0 Å². The van der Waals surface area contributed by atoms with Gasteiger partial charge in [0.05, 0.1) is 22.8 Å². The highest BCUT2D eigenvalue weighted by molar-refractivity contribution is 8.18. The standard InChI is InChI=1S/C19H20N4OS/c24-18-17(25-19(22-18)21-15-7-3-1-4-8-15)11-14-12-20-23(13-14)16-9-5-2-6-10-16/h2,5-6,9-13,15H,1,3-4,7-8H2,(H,21,22,24)/b17-11+. The molecule has 1 aliphatic carbocycles. The molecular formula is C19H20N4OS. The van der Waals surface area contributed by atoms with Crippen molar-refractivity contribution in [3.63, 3.8) is 0 Å². The van der Waals surface area contributed by atoms with Crippen LogP contribution in [0.4, 0.5) is 0 Å². The van der Waals surface area contributed by atoms with Crippen LogP contribution in [0, 0.1) is 0 Å². The first-order valence-electron chi connectivity index (χ1n) is 8.67. The summed E-state index contributed by atoms with van der Waals surface area (Å²) in [6.45, 7) is 0. The molecule has 5 nitrogen and oxygen atoms in total. The number of thioether (sulfide) groups is 1. The maximum atomic E-state index is 12.2. The van der Waals surface area contributed by atoms with Crippen molar-refractivity contribution >= 4 is 28.9 Å². The van der Waals surface area contributed by atoms with Gasteiger partial charge < -0.3 is 5.32 Å². The second-order valence-electron chi connectivity index (χ2n) is 6.34. The van der Waals surface area contributed by atoms with Gasteiger partial charge in [-0.1, -0.05) is 37.5 Å². The molecular weight excluding hydrogens is 332 g/mol. The van der Waals surface area contributed by atoms with E-state index >= 15 is 0 Å². The van der Waals surface area contributed by atoms with E-state index in [9.17, 15) is 4.79 Å². The van der Waals surface area contributed by atoms with Gasteiger partial charge in [-0.05, 0) is 42.8 Å². The van der Waals surface area contributed by atoms with Crippen LogP contribution < -0.4 is 5.32 Å². The number of amidine groups is 1. The lowest BCUT2D eigenvalue weighted by molar-refractivity contribution is -0.115. The minimum absolute atomic E-state index is 0.0768. The number of hydrogen-bond donors (Lipinski definition) is 1. The van der Waals surface area contributed by atoms with Crippen molar-refractivity contribution in [3.05, 3.63) is 53.2 Å². The van der Waals surface area contributed by atoms with Crippen LogP contribution in [0.15, 0.2) is 52.6 Å². The number of carbonyl (C=O) groups excluding carboxylic acids is 1. The van der Waals surface area contributed by atoms with E-state index in [1.807, 2.05) is 42.6 Å². The molecule has 1 aromatic carbocycles. The van der Waals surface area contributed by atoms with Gasteiger partial charge in [0.25, 0.3) is 5.91 Å². The Balaban J connectivity index is 1.49. The smallest absolute Gasteiger partial charge is 0.264 e. The van der Waals surface area contributed by atoms with E-state index in [-0.39, 0.29) is 5.91 Å². The van der Waals surface area contributed by atoms with Gasteiger partial charge in [0, 0.05) is 11.8 Å². The molecule has 128 valence electrons. The zero-order chi connectivity index (χ0) is 17.1. The van der Waals surface area contributed by atoms with E-state index in [2.05, 4.69) is 10.4 Å². The third-order valence-corrected chi connectivity index (χ3v) is 5.37. The first-order valence-corrected chi connectivity index (χ1v) is 9.48. The highest BCUT2D eigenvalue weighted by Crippen LogP contribution is 2.28. The lowest BCUT2D eigenvalue weighted by Gasteiger charge is -2.17. The summed E-state index contributed by atoms with van der Waals surface area (Å²) in [7, 11) is 0. The molecule has 1 saturated carbocycles. The van der Waals surface area contributed by atoms with Gasteiger partial charge in [0.1, 0.15) is 0 Å². The molecule has 0 atom stereocenters. The van der Waals surface area contributed by atoms with Crippen LogP contribution in [0.25, 0.3) is 11.8 Å². The Bertz CT molecular complexity index is 819. The monoisotopic (exact) mass is 352 g/mol. The predicted octanol–water partition coefficient (Wildman–Crippen LogP) is 3.76. The van der Waals surface area contributed by atoms with Gasteiger partial charge in [-0.2, -0.15) is 5.10 Å². The summed E-state index contributed by atoms with van der Waals surface area (Å²) < 4.78 is 1.81. The molecule has 2 aliphatic rings. The summed E-state index contributed by atoms with van der Waals surface area (Å²) in [6, 6.07) is 10.3. The Labute approximate surface area is 151 Å². The van der Waals surface area contributed by atoms with E-state index in [0.717, 1.165) is 29.3 Å². The van der Waals surface area contributed by atoms with Gasteiger partial charge in [0.15, 0.2) is 5.17 Å².